The zero-order valence-corrected chi connectivity index (χ0v) is 32.2. The molecule has 5 aliphatic rings. The van der Waals surface area contributed by atoms with Crippen molar-refractivity contribution in [2.75, 3.05) is 0 Å². The number of aliphatic hydroxyl groups excluding tert-OH is 1. The average molecular weight is 694 g/mol. The molecule has 49 heavy (non-hydrogen) atoms. The Morgan fingerprint density at radius 1 is 0.939 bits per heavy atom. The lowest BCUT2D eigenvalue weighted by molar-refractivity contribution is -0.201. The Kier molecular flexibility index (Phi) is 10.0. The first kappa shape index (κ1) is 36.9. The van der Waals surface area contributed by atoms with Gasteiger partial charge in [-0.15, -0.1) is 0 Å². The molecule has 4 saturated carbocycles. The Hall–Kier alpha value is -1.85. The van der Waals surface area contributed by atoms with Gasteiger partial charge < -0.3 is 15.5 Å². The van der Waals surface area contributed by atoms with Gasteiger partial charge in [-0.3, -0.25) is 4.79 Å². The number of nitrogens with one attached hydrogen (secondary N) is 1. The third kappa shape index (κ3) is 6.44. The van der Waals surface area contributed by atoms with Crippen molar-refractivity contribution < 1.29 is 19.8 Å². The lowest BCUT2D eigenvalue weighted by Gasteiger charge is -2.70. The van der Waals surface area contributed by atoms with Gasteiger partial charge in [-0.1, -0.05) is 103 Å². The van der Waals surface area contributed by atoms with E-state index in [0.717, 1.165) is 37.7 Å². The highest BCUT2D eigenvalue weighted by atomic mass is 35.5. The van der Waals surface area contributed by atoms with Crippen LogP contribution in [-0.2, 0) is 16.0 Å². The molecule has 5 nitrogen and oxygen atoms in total. The maximum Gasteiger partial charge on any atom is 0.326 e. The Labute approximate surface area is 301 Å². The highest BCUT2D eigenvalue weighted by molar-refractivity contribution is 6.31. The number of carbonyl (C=O) groups is 2. The molecule has 6 rings (SSSR count). The van der Waals surface area contributed by atoms with Gasteiger partial charge in [-0.2, -0.15) is 0 Å². The van der Waals surface area contributed by atoms with Crippen LogP contribution in [0.25, 0.3) is 0 Å². The van der Waals surface area contributed by atoms with E-state index < -0.39 is 12.0 Å². The number of carboxylic acid groups (broad SMARTS) is 1. The molecule has 0 aromatic heterocycles. The highest BCUT2D eigenvalue weighted by Crippen LogP contribution is 2.74. The molecule has 1 aromatic carbocycles. The van der Waals surface area contributed by atoms with E-state index in [9.17, 15) is 19.8 Å². The van der Waals surface area contributed by atoms with Crippen molar-refractivity contribution in [1.82, 2.24) is 5.32 Å². The van der Waals surface area contributed by atoms with E-state index in [1.54, 1.807) is 11.6 Å². The largest absolute Gasteiger partial charge is 0.480 e. The number of aliphatic hydroxyl groups is 1. The first-order chi connectivity index (χ1) is 22.9. The normalized spacial score (nSPS) is 39.7. The first-order valence-corrected chi connectivity index (χ1v) is 19.9. The number of amides is 1. The Balaban J connectivity index is 1.11. The molecular weight excluding hydrogens is 630 g/mol. The van der Waals surface area contributed by atoms with E-state index in [2.05, 4.69) is 59.9 Å². The van der Waals surface area contributed by atoms with Crippen molar-refractivity contribution in [2.45, 2.75) is 151 Å². The summed E-state index contributed by atoms with van der Waals surface area (Å²) >= 11 is 6.26. The van der Waals surface area contributed by atoms with E-state index in [1.165, 1.54) is 44.9 Å². The van der Waals surface area contributed by atoms with Crippen molar-refractivity contribution >= 4 is 23.5 Å². The van der Waals surface area contributed by atoms with Crippen LogP contribution < -0.4 is 5.32 Å². The predicted octanol–water partition coefficient (Wildman–Crippen LogP) is 10.0. The number of rotatable bonds is 9. The van der Waals surface area contributed by atoms with E-state index in [4.69, 9.17) is 11.6 Å². The summed E-state index contributed by atoms with van der Waals surface area (Å²) in [6.45, 7) is 17.6. The fourth-order valence-corrected chi connectivity index (χ4v) is 13.3. The van der Waals surface area contributed by atoms with Crippen LogP contribution in [0.1, 0.15) is 138 Å². The SMILES string of the molecule is CC1(C)CC(CCCCC(=O)NC(Cc2ccccc2Cl)C(=O)O)C2CCC3(C)C(=CCC4C5(C)CCC(O)C(C)(C)C5CCC43C)C2C1. The summed E-state index contributed by atoms with van der Waals surface area (Å²) in [6, 6.07) is 6.23. The Morgan fingerprint density at radius 3 is 2.39 bits per heavy atom. The Morgan fingerprint density at radius 2 is 1.67 bits per heavy atom. The number of hydrogen-bond donors (Lipinski definition) is 3. The molecule has 0 saturated heterocycles. The summed E-state index contributed by atoms with van der Waals surface area (Å²) in [5.74, 6) is 2.04. The molecule has 10 unspecified atom stereocenters. The van der Waals surface area contributed by atoms with Gasteiger partial charge in [0.15, 0.2) is 0 Å². The van der Waals surface area contributed by atoms with Crippen molar-refractivity contribution in [3.63, 3.8) is 0 Å². The second-order valence-electron chi connectivity index (χ2n) is 19.3. The predicted molar refractivity (Wildman–Crippen MR) is 198 cm³/mol. The molecule has 0 bridgehead atoms. The standard InChI is InChI=1S/C43H64ClNO4/c1-39(2)25-28(13-9-11-15-37(47)45-33(38(48)49)24-27-12-8-10-14-32(27)44)29-18-22-42(6)31(30(29)26-39)16-17-35-41(5)21-20-36(46)40(3,4)34(41)19-23-43(35,42)7/h8,10,12,14,16,28-30,33-36,46H,9,11,13,15,17-26H2,1-7H3,(H,45,47)(H,48,49). The Bertz CT molecular complexity index is 1450. The van der Waals surface area contributed by atoms with E-state index in [-0.39, 0.29) is 40.1 Å². The number of fused-ring (bicyclic) bond motifs is 7. The summed E-state index contributed by atoms with van der Waals surface area (Å²) in [4.78, 5) is 24.8. The molecule has 1 amide bonds. The van der Waals surface area contributed by atoms with E-state index >= 15 is 0 Å². The van der Waals surface area contributed by atoms with Crippen molar-refractivity contribution in [1.29, 1.82) is 0 Å². The third-order valence-corrected chi connectivity index (χ3v) is 16.2. The van der Waals surface area contributed by atoms with Crippen LogP contribution in [0.3, 0.4) is 0 Å². The van der Waals surface area contributed by atoms with Crippen LogP contribution >= 0.6 is 11.6 Å². The van der Waals surface area contributed by atoms with Gasteiger partial charge in [-0.05, 0) is 133 Å². The maximum absolute atomic E-state index is 12.9. The van der Waals surface area contributed by atoms with Crippen LogP contribution in [-0.4, -0.2) is 34.2 Å². The van der Waals surface area contributed by atoms with Gasteiger partial charge in [0.25, 0.3) is 0 Å². The molecule has 0 aliphatic heterocycles. The molecule has 10 atom stereocenters. The van der Waals surface area contributed by atoms with Crippen LogP contribution in [0.15, 0.2) is 35.9 Å². The molecule has 0 heterocycles. The van der Waals surface area contributed by atoms with Crippen LogP contribution in [0.5, 0.6) is 0 Å². The van der Waals surface area contributed by atoms with E-state index in [1.807, 2.05) is 18.2 Å². The van der Waals surface area contributed by atoms with E-state index in [0.29, 0.717) is 46.4 Å². The fraction of sp³-hybridized carbons (Fsp3) is 0.767. The number of allylic oxidation sites excluding steroid dienone is 2. The molecule has 4 fully saturated rings. The molecular formula is C43H64ClNO4. The minimum atomic E-state index is -1.03. The van der Waals surface area contributed by atoms with Crippen molar-refractivity contribution in [2.24, 2.45) is 56.7 Å². The number of aliphatic carboxylic acids is 1. The van der Waals surface area contributed by atoms with Crippen molar-refractivity contribution in [3.8, 4) is 0 Å². The highest BCUT2D eigenvalue weighted by Gasteiger charge is 2.67. The maximum atomic E-state index is 12.9. The quantitative estimate of drug-likeness (QED) is 0.178. The minimum absolute atomic E-state index is 0.0212. The molecule has 1 aromatic rings. The third-order valence-electron chi connectivity index (χ3n) is 15.8. The summed E-state index contributed by atoms with van der Waals surface area (Å²) in [5.41, 5.74) is 3.58. The molecule has 0 radical (unpaired) electrons. The zero-order valence-electron chi connectivity index (χ0n) is 31.4. The number of benzene rings is 1. The van der Waals surface area contributed by atoms with Gasteiger partial charge in [0.1, 0.15) is 6.04 Å². The fourth-order valence-electron chi connectivity index (χ4n) is 13.1. The molecule has 272 valence electrons. The second kappa shape index (κ2) is 13.3. The average Bonchev–Trinajstić information content (AvgIpc) is 3.01. The zero-order chi connectivity index (χ0) is 35.6. The van der Waals surface area contributed by atoms with Crippen LogP contribution in [0, 0.1) is 56.7 Å². The molecule has 0 spiro atoms. The summed E-state index contributed by atoms with van der Waals surface area (Å²) in [6.07, 6.45) is 16.9. The number of unbranched alkanes of at least 4 members (excludes halogenated alkanes) is 1. The lowest BCUT2D eigenvalue weighted by Crippen LogP contribution is -2.64. The second-order valence-corrected chi connectivity index (χ2v) is 19.7. The first-order valence-electron chi connectivity index (χ1n) is 19.6. The number of hydrogen-bond acceptors (Lipinski definition) is 3. The summed E-state index contributed by atoms with van der Waals surface area (Å²) in [5, 5.41) is 24.1. The number of halogens is 1. The van der Waals surface area contributed by atoms with Gasteiger partial charge in [-0.25, -0.2) is 4.79 Å². The number of carboxylic acids is 1. The van der Waals surface area contributed by atoms with Crippen LogP contribution in [0.4, 0.5) is 0 Å². The molecule has 6 heteroatoms. The summed E-state index contributed by atoms with van der Waals surface area (Å²) < 4.78 is 0. The van der Waals surface area contributed by atoms with Crippen LogP contribution in [0.2, 0.25) is 5.02 Å². The lowest BCUT2D eigenvalue weighted by atomic mass is 9.34. The summed E-state index contributed by atoms with van der Waals surface area (Å²) in [7, 11) is 0. The van der Waals surface area contributed by atoms with Gasteiger partial charge in [0, 0.05) is 17.9 Å². The molecule has 3 N–H and O–H groups in total. The van der Waals surface area contributed by atoms with Gasteiger partial charge in [0.05, 0.1) is 6.10 Å². The minimum Gasteiger partial charge on any atom is -0.480 e. The smallest absolute Gasteiger partial charge is 0.326 e. The van der Waals surface area contributed by atoms with Crippen molar-refractivity contribution in [3.05, 3.63) is 46.5 Å². The molecule has 5 aliphatic carbocycles. The number of carbonyl (C=O) groups excluding carboxylic acids is 1. The topological polar surface area (TPSA) is 86.6 Å². The van der Waals surface area contributed by atoms with Gasteiger partial charge in [0.2, 0.25) is 5.91 Å². The van der Waals surface area contributed by atoms with Gasteiger partial charge >= 0.3 is 5.97 Å². The monoisotopic (exact) mass is 693 g/mol.